The van der Waals surface area contributed by atoms with Crippen LogP contribution in [0.3, 0.4) is 0 Å². The Hall–Kier alpha value is -3.65. The van der Waals surface area contributed by atoms with Crippen molar-refractivity contribution in [2.45, 2.75) is 77.5 Å². The highest BCUT2D eigenvalue weighted by Gasteiger charge is 2.36. The number of hydrogen-bond donors (Lipinski definition) is 1. The third-order valence-corrected chi connectivity index (χ3v) is 8.84. The monoisotopic (exact) mass is 539 g/mol. The van der Waals surface area contributed by atoms with Crippen LogP contribution in [0.15, 0.2) is 54.7 Å². The van der Waals surface area contributed by atoms with Gasteiger partial charge in [0.25, 0.3) is 5.91 Å². The molecule has 3 atom stereocenters. The number of anilines is 2. The first kappa shape index (κ1) is 26.6. The molecule has 1 N–H and O–H groups in total. The van der Waals surface area contributed by atoms with Crippen LogP contribution in [0.2, 0.25) is 0 Å². The van der Waals surface area contributed by atoms with Crippen molar-refractivity contribution in [3.63, 3.8) is 0 Å². The minimum Gasteiger partial charge on any atom is -0.359 e. The molecule has 2 aromatic carbocycles. The molecule has 1 amide bonds. The standard InChI is InChI=1S/C32H41N7O/c1-20-11-14-27(15-12-20)39-31(34-30(35-39)32(40)37-18-21(2)33-22(3)19-37)25-13-16-28-29(17-25)38(26-9-7-8-10-26)24(5)23(4)36(28)6/h11-17,21-22,24,26,33H,4,7-10,18-19H2,1-3,5-6H3/t21-,22+,24-/m1/s1. The number of carbonyl (C=O) groups excluding carboxylic acids is 1. The van der Waals surface area contributed by atoms with Gasteiger partial charge in [-0.1, -0.05) is 37.1 Å². The molecule has 0 spiro atoms. The van der Waals surface area contributed by atoms with Crippen molar-refractivity contribution < 1.29 is 4.79 Å². The van der Waals surface area contributed by atoms with Gasteiger partial charge in [0, 0.05) is 49.5 Å². The fourth-order valence-corrected chi connectivity index (χ4v) is 6.74. The molecule has 2 fully saturated rings. The molecular weight excluding hydrogens is 498 g/mol. The summed E-state index contributed by atoms with van der Waals surface area (Å²) in [5.41, 5.74) is 6.47. The number of carbonyl (C=O) groups is 1. The summed E-state index contributed by atoms with van der Waals surface area (Å²) >= 11 is 0. The predicted molar refractivity (Wildman–Crippen MR) is 161 cm³/mol. The van der Waals surface area contributed by atoms with Crippen molar-refractivity contribution in [1.29, 1.82) is 0 Å². The Morgan fingerprint density at radius 1 is 0.975 bits per heavy atom. The van der Waals surface area contributed by atoms with Crippen LogP contribution in [-0.2, 0) is 0 Å². The summed E-state index contributed by atoms with van der Waals surface area (Å²) in [6.07, 6.45) is 4.93. The van der Waals surface area contributed by atoms with E-state index in [1.165, 1.54) is 36.9 Å². The Kier molecular flexibility index (Phi) is 6.90. The van der Waals surface area contributed by atoms with Gasteiger partial charge in [-0.2, -0.15) is 0 Å². The largest absolute Gasteiger partial charge is 0.359 e. The molecular formula is C32H41N7O. The summed E-state index contributed by atoms with van der Waals surface area (Å²) in [7, 11) is 2.10. The fraction of sp³-hybridized carbons (Fsp3) is 0.469. The van der Waals surface area contributed by atoms with E-state index in [0.29, 0.717) is 25.0 Å². The van der Waals surface area contributed by atoms with E-state index in [0.717, 1.165) is 22.6 Å². The smallest absolute Gasteiger partial charge is 0.293 e. The van der Waals surface area contributed by atoms with E-state index in [-0.39, 0.29) is 29.9 Å². The van der Waals surface area contributed by atoms with Gasteiger partial charge in [-0.05, 0) is 70.9 Å². The fourth-order valence-electron chi connectivity index (χ4n) is 6.74. The first-order valence-corrected chi connectivity index (χ1v) is 14.7. The Bertz CT molecular complexity index is 1410. The topological polar surface area (TPSA) is 69.5 Å². The van der Waals surface area contributed by atoms with E-state index in [9.17, 15) is 4.79 Å². The summed E-state index contributed by atoms with van der Waals surface area (Å²) in [5.74, 6) is 0.793. The molecule has 1 saturated carbocycles. The summed E-state index contributed by atoms with van der Waals surface area (Å²) in [6.45, 7) is 14.2. The van der Waals surface area contributed by atoms with Gasteiger partial charge in [-0.25, -0.2) is 9.67 Å². The first-order valence-electron chi connectivity index (χ1n) is 14.7. The molecule has 3 heterocycles. The Balaban J connectivity index is 1.46. The summed E-state index contributed by atoms with van der Waals surface area (Å²) in [4.78, 5) is 25.3. The van der Waals surface area contributed by atoms with Gasteiger partial charge in [-0.3, -0.25) is 4.79 Å². The minimum absolute atomic E-state index is 0.123. The van der Waals surface area contributed by atoms with Crippen LogP contribution >= 0.6 is 0 Å². The van der Waals surface area contributed by atoms with Crippen LogP contribution < -0.4 is 15.1 Å². The predicted octanol–water partition coefficient (Wildman–Crippen LogP) is 5.17. The zero-order valence-electron chi connectivity index (χ0n) is 24.4. The zero-order chi connectivity index (χ0) is 28.1. The number of amides is 1. The van der Waals surface area contributed by atoms with Gasteiger partial charge in [0.2, 0.25) is 5.82 Å². The molecule has 8 heteroatoms. The van der Waals surface area contributed by atoms with E-state index >= 15 is 0 Å². The minimum atomic E-state index is -0.123. The number of nitrogens with one attached hydrogen (secondary N) is 1. The number of benzene rings is 2. The number of fused-ring (bicyclic) bond motifs is 1. The van der Waals surface area contributed by atoms with E-state index in [1.807, 2.05) is 21.7 Å². The third kappa shape index (κ3) is 4.68. The van der Waals surface area contributed by atoms with Gasteiger partial charge in [0.05, 0.1) is 23.1 Å². The average Bonchev–Trinajstić information content (AvgIpc) is 3.62. The molecule has 1 aromatic heterocycles. The number of nitrogens with zero attached hydrogens (tertiary/aromatic N) is 6. The quantitative estimate of drug-likeness (QED) is 0.494. The highest BCUT2D eigenvalue weighted by molar-refractivity contribution is 5.91. The number of piperazine rings is 1. The van der Waals surface area contributed by atoms with Crippen molar-refractivity contribution in [3.8, 4) is 17.1 Å². The zero-order valence-corrected chi connectivity index (χ0v) is 24.4. The van der Waals surface area contributed by atoms with Crippen molar-refractivity contribution >= 4 is 17.3 Å². The second-order valence-corrected chi connectivity index (χ2v) is 12.0. The summed E-state index contributed by atoms with van der Waals surface area (Å²) in [5, 5.41) is 8.32. The van der Waals surface area contributed by atoms with Gasteiger partial charge in [-0.15, -0.1) is 5.10 Å². The molecule has 0 radical (unpaired) electrons. The maximum atomic E-state index is 13.7. The number of likely N-dealkylation sites (N-methyl/N-ethyl adjacent to an activating group) is 1. The SMILES string of the molecule is C=C1[C@@H](C)N(C2CCCC2)c2cc(-c3nc(C(=O)N4C[C@@H](C)N[C@@H](C)C4)nn3-c3ccc(C)cc3)ccc2N1C. The maximum absolute atomic E-state index is 13.7. The molecule has 3 aromatic rings. The number of rotatable bonds is 4. The van der Waals surface area contributed by atoms with Gasteiger partial charge in [0.1, 0.15) is 0 Å². The Morgan fingerprint density at radius 3 is 2.33 bits per heavy atom. The molecule has 2 aliphatic heterocycles. The van der Waals surface area contributed by atoms with Crippen LogP contribution in [0, 0.1) is 6.92 Å². The van der Waals surface area contributed by atoms with Crippen molar-refractivity contribution in [2.75, 3.05) is 29.9 Å². The van der Waals surface area contributed by atoms with E-state index in [2.05, 4.69) is 86.8 Å². The first-order chi connectivity index (χ1) is 19.2. The lowest BCUT2D eigenvalue weighted by atomic mass is 9.99. The third-order valence-electron chi connectivity index (χ3n) is 8.84. The molecule has 0 bridgehead atoms. The number of aromatic nitrogens is 3. The lowest BCUT2D eigenvalue weighted by Gasteiger charge is -2.46. The lowest BCUT2D eigenvalue weighted by Crippen LogP contribution is -2.56. The molecule has 0 unspecified atom stereocenters. The molecule has 210 valence electrons. The second kappa shape index (κ2) is 10.4. The molecule has 8 nitrogen and oxygen atoms in total. The highest BCUT2D eigenvalue weighted by Crippen LogP contribution is 2.44. The number of aryl methyl sites for hydroxylation is 1. The van der Waals surface area contributed by atoms with Crippen LogP contribution in [-0.4, -0.2) is 69.9 Å². The van der Waals surface area contributed by atoms with E-state index in [4.69, 9.17) is 10.1 Å². The molecule has 6 rings (SSSR count). The van der Waals surface area contributed by atoms with Crippen LogP contribution in [0.5, 0.6) is 0 Å². The molecule has 40 heavy (non-hydrogen) atoms. The normalized spacial score (nSPS) is 23.6. The summed E-state index contributed by atoms with van der Waals surface area (Å²) in [6, 6.07) is 15.9. The Labute approximate surface area is 237 Å². The average molecular weight is 540 g/mol. The van der Waals surface area contributed by atoms with E-state index < -0.39 is 0 Å². The van der Waals surface area contributed by atoms with Gasteiger partial charge >= 0.3 is 0 Å². The van der Waals surface area contributed by atoms with Crippen molar-refractivity contribution in [1.82, 2.24) is 25.0 Å². The lowest BCUT2D eigenvalue weighted by molar-refractivity contribution is 0.0661. The molecule has 1 saturated heterocycles. The Morgan fingerprint density at radius 2 is 1.65 bits per heavy atom. The maximum Gasteiger partial charge on any atom is 0.293 e. The van der Waals surface area contributed by atoms with Gasteiger partial charge in [0.15, 0.2) is 5.82 Å². The molecule has 3 aliphatic rings. The molecule has 1 aliphatic carbocycles. The highest BCUT2D eigenvalue weighted by atomic mass is 16.2. The van der Waals surface area contributed by atoms with Gasteiger partial charge < -0.3 is 20.0 Å². The van der Waals surface area contributed by atoms with Crippen LogP contribution in [0.4, 0.5) is 11.4 Å². The summed E-state index contributed by atoms with van der Waals surface area (Å²) < 4.78 is 1.83. The number of hydrogen-bond acceptors (Lipinski definition) is 6. The van der Waals surface area contributed by atoms with Crippen LogP contribution in [0.25, 0.3) is 17.1 Å². The van der Waals surface area contributed by atoms with Crippen LogP contribution in [0.1, 0.15) is 62.6 Å². The van der Waals surface area contributed by atoms with Crippen molar-refractivity contribution in [2.24, 2.45) is 0 Å². The van der Waals surface area contributed by atoms with E-state index in [1.54, 1.807) is 0 Å². The van der Waals surface area contributed by atoms with Crippen molar-refractivity contribution in [3.05, 3.63) is 66.1 Å². The second-order valence-electron chi connectivity index (χ2n) is 12.0.